The van der Waals surface area contributed by atoms with Crippen molar-refractivity contribution in [3.8, 4) is 0 Å². The van der Waals surface area contributed by atoms with E-state index < -0.39 is 0 Å². The number of hydrogen-bond acceptors (Lipinski definition) is 2. The maximum atomic E-state index is 12.0. The van der Waals surface area contributed by atoms with Crippen LogP contribution < -0.4 is 10.2 Å². The Bertz CT molecular complexity index is 369. The van der Waals surface area contributed by atoms with Crippen molar-refractivity contribution in [3.05, 3.63) is 22.4 Å². The van der Waals surface area contributed by atoms with E-state index in [1.807, 2.05) is 6.07 Å². The first kappa shape index (κ1) is 13.6. The Kier molecular flexibility index (Phi) is 4.78. The standard InChI is InChI=1S/C14H22N2OS/c1-11-5-7-16(8-6-11)10-14(17)15-12(2)13-4-3-9-18-13/h3-4,9,11-12H,5-8,10H2,1-2H3,(H,15,17)/p+1/t12-/m1/s1. The zero-order chi connectivity index (χ0) is 13.0. The molecular formula is C14H23N2OS+. The van der Waals surface area contributed by atoms with Gasteiger partial charge in [0.15, 0.2) is 6.54 Å². The van der Waals surface area contributed by atoms with Crippen molar-refractivity contribution in [1.82, 2.24) is 5.32 Å². The van der Waals surface area contributed by atoms with Gasteiger partial charge in [-0.2, -0.15) is 0 Å². The smallest absolute Gasteiger partial charge is 0.275 e. The van der Waals surface area contributed by atoms with Crippen molar-refractivity contribution < 1.29 is 9.69 Å². The van der Waals surface area contributed by atoms with Crippen LogP contribution in [0.5, 0.6) is 0 Å². The largest absolute Gasteiger partial charge is 0.344 e. The van der Waals surface area contributed by atoms with Gasteiger partial charge in [0.1, 0.15) is 0 Å². The van der Waals surface area contributed by atoms with E-state index in [9.17, 15) is 4.79 Å². The lowest BCUT2D eigenvalue weighted by atomic mass is 9.99. The number of piperidine rings is 1. The number of carbonyl (C=O) groups excluding carboxylic acids is 1. The molecule has 2 N–H and O–H groups in total. The first-order chi connectivity index (χ1) is 8.65. The zero-order valence-electron chi connectivity index (χ0n) is 11.2. The number of amides is 1. The maximum Gasteiger partial charge on any atom is 0.275 e. The van der Waals surface area contributed by atoms with Crippen molar-refractivity contribution >= 4 is 17.2 Å². The number of likely N-dealkylation sites (tertiary alicyclic amines) is 1. The molecule has 1 aromatic heterocycles. The van der Waals surface area contributed by atoms with E-state index in [-0.39, 0.29) is 11.9 Å². The number of nitrogens with one attached hydrogen (secondary N) is 2. The summed E-state index contributed by atoms with van der Waals surface area (Å²) in [7, 11) is 0. The fraction of sp³-hybridized carbons (Fsp3) is 0.643. The molecule has 0 radical (unpaired) electrons. The summed E-state index contributed by atoms with van der Waals surface area (Å²) in [6.45, 7) is 7.26. The van der Waals surface area contributed by atoms with Crippen LogP contribution in [0, 0.1) is 5.92 Å². The summed E-state index contributed by atoms with van der Waals surface area (Å²) in [5.41, 5.74) is 0. The number of quaternary nitrogens is 1. The molecule has 3 nitrogen and oxygen atoms in total. The van der Waals surface area contributed by atoms with Crippen LogP contribution in [0.15, 0.2) is 17.5 Å². The molecule has 1 amide bonds. The Morgan fingerprint density at radius 3 is 2.89 bits per heavy atom. The second-order valence-electron chi connectivity index (χ2n) is 5.41. The molecule has 0 spiro atoms. The molecule has 0 saturated carbocycles. The molecule has 18 heavy (non-hydrogen) atoms. The Morgan fingerprint density at radius 2 is 2.28 bits per heavy atom. The van der Waals surface area contributed by atoms with Crippen LogP contribution in [0.1, 0.15) is 37.6 Å². The number of rotatable bonds is 4. The van der Waals surface area contributed by atoms with Crippen molar-refractivity contribution in [2.24, 2.45) is 5.92 Å². The van der Waals surface area contributed by atoms with Crippen molar-refractivity contribution in [1.29, 1.82) is 0 Å². The molecule has 1 aliphatic rings. The van der Waals surface area contributed by atoms with E-state index in [0.29, 0.717) is 6.54 Å². The highest BCUT2D eigenvalue weighted by Crippen LogP contribution is 2.17. The number of thiophene rings is 1. The molecule has 0 unspecified atom stereocenters. The highest BCUT2D eigenvalue weighted by Gasteiger charge is 2.22. The third-order valence-electron chi connectivity index (χ3n) is 3.74. The second-order valence-corrected chi connectivity index (χ2v) is 6.39. The lowest BCUT2D eigenvalue weighted by Crippen LogP contribution is -3.14. The fourth-order valence-electron chi connectivity index (χ4n) is 2.48. The molecule has 1 saturated heterocycles. The van der Waals surface area contributed by atoms with Gasteiger partial charge < -0.3 is 10.2 Å². The predicted molar refractivity (Wildman–Crippen MR) is 74.8 cm³/mol. The normalized spacial score (nSPS) is 25.7. The monoisotopic (exact) mass is 267 g/mol. The molecule has 1 aromatic rings. The molecule has 1 aliphatic heterocycles. The van der Waals surface area contributed by atoms with E-state index in [0.717, 1.165) is 19.0 Å². The van der Waals surface area contributed by atoms with Crippen LogP contribution in [0.3, 0.4) is 0 Å². The first-order valence-corrected chi connectivity index (χ1v) is 7.69. The minimum Gasteiger partial charge on any atom is -0.344 e. The van der Waals surface area contributed by atoms with Gasteiger partial charge in [-0.25, -0.2) is 0 Å². The predicted octanol–water partition coefficient (Wildman–Crippen LogP) is 1.24. The molecule has 100 valence electrons. The van der Waals surface area contributed by atoms with Gasteiger partial charge in [-0.1, -0.05) is 13.0 Å². The summed E-state index contributed by atoms with van der Waals surface area (Å²) in [4.78, 5) is 14.6. The minimum atomic E-state index is 0.139. The third-order valence-corrected chi connectivity index (χ3v) is 4.79. The van der Waals surface area contributed by atoms with E-state index >= 15 is 0 Å². The lowest BCUT2D eigenvalue weighted by Gasteiger charge is -2.27. The summed E-state index contributed by atoms with van der Waals surface area (Å²) >= 11 is 1.70. The van der Waals surface area contributed by atoms with E-state index in [1.54, 1.807) is 11.3 Å². The fourth-order valence-corrected chi connectivity index (χ4v) is 3.21. The van der Waals surface area contributed by atoms with Gasteiger partial charge in [-0.15, -0.1) is 11.3 Å². The quantitative estimate of drug-likeness (QED) is 0.845. The van der Waals surface area contributed by atoms with Gasteiger partial charge in [-0.3, -0.25) is 4.79 Å². The number of carbonyl (C=O) groups is 1. The van der Waals surface area contributed by atoms with Gasteiger partial charge in [0.25, 0.3) is 5.91 Å². The minimum absolute atomic E-state index is 0.139. The van der Waals surface area contributed by atoms with Gasteiger partial charge >= 0.3 is 0 Å². The SMILES string of the molecule is CC1CC[NH+](CC(=O)N[C@H](C)c2cccs2)CC1. The zero-order valence-corrected chi connectivity index (χ0v) is 12.1. The van der Waals surface area contributed by atoms with E-state index in [4.69, 9.17) is 0 Å². The average Bonchev–Trinajstić information content (AvgIpc) is 2.85. The maximum absolute atomic E-state index is 12.0. The number of hydrogen-bond donors (Lipinski definition) is 2. The van der Waals surface area contributed by atoms with Gasteiger partial charge in [0, 0.05) is 4.88 Å². The highest BCUT2D eigenvalue weighted by atomic mass is 32.1. The van der Waals surface area contributed by atoms with Crippen LogP contribution in [-0.4, -0.2) is 25.5 Å². The second kappa shape index (κ2) is 6.34. The molecular weight excluding hydrogens is 244 g/mol. The highest BCUT2D eigenvalue weighted by molar-refractivity contribution is 7.10. The van der Waals surface area contributed by atoms with Crippen molar-refractivity contribution in [2.75, 3.05) is 19.6 Å². The summed E-state index contributed by atoms with van der Waals surface area (Å²) < 4.78 is 0. The van der Waals surface area contributed by atoms with Crippen LogP contribution in [0.2, 0.25) is 0 Å². The summed E-state index contributed by atoms with van der Waals surface area (Å²) in [6.07, 6.45) is 2.51. The van der Waals surface area contributed by atoms with Crippen LogP contribution >= 0.6 is 11.3 Å². The molecule has 0 aliphatic carbocycles. The molecule has 2 rings (SSSR count). The van der Waals surface area contributed by atoms with Gasteiger partial charge in [-0.05, 0) is 37.1 Å². The molecule has 0 bridgehead atoms. The summed E-state index contributed by atoms with van der Waals surface area (Å²) in [5, 5.41) is 5.14. The Labute approximate surface area is 113 Å². The van der Waals surface area contributed by atoms with Gasteiger partial charge in [0.2, 0.25) is 0 Å². The van der Waals surface area contributed by atoms with Gasteiger partial charge in [0.05, 0.1) is 19.1 Å². The molecule has 0 aromatic carbocycles. The average molecular weight is 267 g/mol. The summed E-state index contributed by atoms with van der Waals surface area (Å²) in [6, 6.07) is 4.24. The molecule has 1 fully saturated rings. The lowest BCUT2D eigenvalue weighted by molar-refractivity contribution is -0.898. The Hall–Kier alpha value is -0.870. The molecule has 4 heteroatoms. The molecule has 2 heterocycles. The van der Waals surface area contributed by atoms with Crippen molar-refractivity contribution in [2.45, 2.75) is 32.7 Å². The topological polar surface area (TPSA) is 33.5 Å². The summed E-state index contributed by atoms with van der Waals surface area (Å²) in [5.74, 6) is 1.02. The third kappa shape index (κ3) is 3.82. The van der Waals surface area contributed by atoms with Crippen LogP contribution in [0.4, 0.5) is 0 Å². The van der Waals surface area contributed by atoms with Crippen LogP contribution in [-0.2, 0) is 4.79 Å². The molecule has 1 atom stereocenters. The van der Waals surface area contributed by atoms with E-state index in [1.165, 1.54) is 22.6 Å². The first-order valence-electron chi connectivity index (χ1n) is 6.81. The Balaban J connectivity index is 1.75. The Morgan fingerprint density at radius 1 is 1.56 bits per heavy atom. The van der Waals surface area contributed by atoms with Crippen molar-refractivity contribution in [3.63, 3.8) is 0 Å². The van der Waals surface area contributed by atoms with E-state index in [2.05, 4.69) is 30.6 Å². The van der Waals surface area contributed by atoms with Crippen LogP contribution in [0.25, 0.3) is 0 Å².